The van der Waals surface area contributed by atoms with Crippen LogP contribution in [0.1, 0.15) is 105 Å². The predicted molar refractivity (Wildman–Crippen MR) is 203 cm³/mol. The zero-order chi connectivity index (χ0) is 35.4. The quantitative estimate of drug-likeness (QED) is 0.136. The van der Waals surface area contributed by atoms with Gasteiger partial charge in [-0.1, -0.05) is 107 Å². The van der Waals surface area contributed by atoms with Gasteiger partial charge in [0.2, 0.25) is 0 Å². The van der Waals surface area contributed by atoms with Crippen molar-refractivity contribution >= 4 is 0 Å². The first kappa shape index (κ1) is 35.1. The fraction of sp³-hybridized carbons (Fsp3) is 0.348. The Morgan fingerprint density at radius 2 is 0.740 bits per heavy atom. The van der Waals surface area contributed by atoms with E-state index in [9.17, 15) is 20.4 Å². The minimum absolute atomic E-state index is 0.0824. The molecule has 4 unspecified atom stereocenters. The standard InChI is InChI=1S/C32H26O4.C12H20.C2H6/c33-27-13-5-23(6-14-27)31(24-7-15-28(34)16-8-24)21-1-2-22(4-3-21)32(25-9-17-29(35)18-10-25)26-11-19-30(36)20-12-26;1-12(2)7-8-6-11(12)10-5-3-4-9(8)10;1-2/h1-20,31-36H;8-11H,3-7H2,1-2H3;1-2H3. The van der Waals surface area contributed by atoms with Gasteiger partial charge in [0.25, 0.3) is 0 Å². The molecule has 5 aromatic rings. The molecule has 5 aromatic carbocycles. The third kappa shape index (κ3) is 7.40. The number of rotatable bonds is 6. The Morgan fingerprint density at radius 1 is 0.460 bits per heavy atom. The molecule has 0 radical (unpaired) electrons. The van der Waals surface area contributed by atoms with Crippen LogP contribution in [0.5, 0.6) is 23.0 Å². The minimum Gasteiger partial charge on any atom is -0.508 e. The molecular formula is C46H52O4. The number of aromatic hydroxyl groups is 4. The second kappa shape index (κ2) is 15.0. The third-order valence-corrected chi connectivity index (χ3v) is 11.6. The third-order valence-electron chi connectivity index (χ3n) is 11.6. The Kier molecular flexibility index (Phi) is 10.6. The summed E-state index contributed by atoms with van der Waals surface area (Å²) in [6.07, 6.45) is 7.80. The highest BCUT2D eigenvalue weighted by atomic mass is 16.3. The summed E-state index contributed by atoms with van der Waals surface area (Å²) >= 11 is 0. The molecule has 260 valence electrons. The van der Waals surface area contributed by atoms with E-state index >= 15 is 0 Å². The molecule has 4 heteroatoms. The molecular weight excluding hydrogens is 617 g/mol. The molecule has 2 bridgehead atoms. The summed E-state index contributed by atoms with van der Waals surface area (Å²) in [7, 11) is 0. The highest BCUT2D eigenvalue weighted by Crippen LogP contribution is 2.65. The first-order valence-electron chi connectivity index (χ1n) is 18.4. The fourth-order valence-corrected chi connectivity index (χ4v) is 9.44. The molecule has 50 heavy (non-hydrogen) atoms. The molecule has 4 atom stereocenters. The SMILES string of the molecule is CC.CC1(C)CC2CC1C1CCCC21.Oc1ccc(C(c2ccc(O)cc2)c2ccc(C(c3ccc(O)cc3)c3ccc(O)cc3)cc2)cc1. The highest BCUT2D eigenvalue weighted by molar-refractivity contribution is 5.49. The molecule has 3 fully saturated rings. The lowest BCUT2D eigenvalue weighted by Crippen LogP contribution is -2.30. The maximum atomic E-state index is 9.80. The van der Waals surface area contributed by atoms with E-state index in [-0.39, 0.29) is 34.8 Å². The van der Waals surface area contributed by atoms with E-state index in [2.05, 4.69) is 38.1 Å². The van der Waals surface area contributed by atoms with Crippen molar-refractivity contribution in [3.63, 3.8) is 0 Å². The molecule has 8 rings (SSSR count). The molecule has 4 N–H and O–H groups in total. The van der Waals surface area contributed by atoms with Crippen LogP contribution in [0.4, 0.5) is 0 Å². The van der Waals surface area contributed by atoms with Gasteiger partial charge in [0.05, 0.1) is 0 Å². The first-order valence-corrected chi connectivity index (χ1v) is 18.4. The van der Waals surface area contributed by atoms with Crippen molar-refractivity contribution in [1.82, 2.24) is 0 Å². The van der Waals surface area contributed by atoms with Crippen molar-refractivity contribution in [2.45, 2.75) is 71.6 Å². The van der Waals surface area contributed by atoms with Crippen molar-refractivity contribution in [2.75, 3.05) is 0 Å². The van der Waals surface area contributed by atoms with E-state index in [1.807, 2.05) is 62.4 Å². The van der Waals surface area contributed by atoms with Gasteiger partial charge in [-0.15, -0.1) is 0 Å². The van der Waals surface area contributed by atoms with Crippen LogP contribution in [-0.2, 0) is 0 Å². The maximum Gasteiger partial charge on any atom is 0.115 e. The monoisotopic (exact) mass is 668 g/mol. The summed E-state index contributed by atoms with van der Waals surface area (Å²) < 4.78 is 0. The lowest BCUT2D eigenvalue weighted by atomic mass is 9.68. The summed E-state index contributed by atoms with van der Waals surface area (Å²) in [6.45, 7) is 9.01. The number of hydrogen-bond donors (Lipinski definition) is 4. The zero-order valence-corrected chi connectivity index (χ0v) is 29.8. The van der Waals surface area contributed by atoms with Gasteiger partial charge in [-0.2, -0.15) is 0 Å². The largest absolute Gasteiger partial charge is 0.508 e. The van der Waals surface area contributed by atoms with Crippen molar-refractivity contribution in [1.29, 1.82) is 0 Å². The highest BCUT2D eigenvalue weighted by Gasteiger charge is 2.56. The molecule has 0 saturated heterocycles. The molecule has 3 aliphatic rings. The number of benzene rings is 5. The summed E-state index contributed by atoms with van der Waals surface area (Å²) in [5.74, 6) is 5.25. The summed E-state index contributed by atoms with van der Waals surface area (Å²) in [5, 5.41) is 39.2. The van der Waals surface area contributed by atoms with Crippen LogP contribution < -0.4 is 0 Å². The lowest BCUT2D eigenvalue weighted by Gasteiger charge is -2.37. The smallest absolute Gasteiger partial charge is 0.115 e. The van der Waals surface area contributed by atoms with Gasteiger partial charge < -0.3 is 20.4 Å². The number of fused-ring (bicyclic) bond motifs is 5. The van der Waals surface area contributed by atoms with Crippen LogP contribution >= 0.6 is 0 Å². The van der Waals surface area contributed by atoms with Crippen LogP contribution in [0.2, 0.25) is 0 Å². The van der Waals surface area contributed by atoms with E-state index in [1.165, 1.54) is 5.92 Å². The second-order valence-corrected chi connectivity index (χ2v) is 15.0. The normalized spacial score (nSPS) is 21.2. The van der Waals surface area contributed by atoms with Gasteiger partial charge in [-0.3, -0.25) is 0 Å². The maximum absolute atomic E-state index is 9.80. The minimum atomic E-state index is -0.0824. The Hall–Kier alpha value is -4.70. The predicted octanol–water partition coefficient (Wildman–Crippen LogP) is 11.4. The molecule has 3 aliphatic carbocycles. The molecule has 4 nitrogen and oxygen atoms in total. The average Bonchev–Trinajstić information content (AvgIpc) is 3.83. The van der Waals surface area contributed by atoms with E-state index in [0.29, 0.717) is 5.41 Å². The molecule has 0 spiro atoms. The first-order chi connectivity index (χ1) is 24.2. The van der Waals surface area contributed by atoms with Crippen LogP contribution in [0, 0.1) is 29.1 Å². The Labute approximate surface area is 298 Å². The van der Waals surface area contributed by atoms with Crippen LogP contribution in [-0.4, -0.2) is 20.4 Å². The number of hydrogen-bond acceptors (Lipinski definition) is 4. The molecule has 0 aromatic heterocycles. The van der Waals surface area contributed by atoms with E-state index in [0.717, 1.165) is 51.1 Å². The number of phenolic OH excluding ortho intramolecular Hbond substituents is 4. The average molecular weight is 669 g/mol. The van der Waals surface area contributed by atoms with Gasteiger partial charge in [0.15, 0.2) is 0 Å². The van der Waals surface area contributed by atoms with Crippen molar-refractivity contribution in [3.05, 3.63) is 155 Å². The zero-order valence-electron chi connectivity index (χ0n) is 29.8. The van der Waals surface area contributed by atoms with Gasteiger partial charge in [-0.05, 0) is 137 Å². The topological polar surface area (TPSA) is 80.9 Å². The van der Waals surface area contributed by atoms with Crippen LogP contribution in [0.3, 0.4) is 0 Å². The summed E-state index contributed by atoms with van der Waals surface area (Å²) in [6, 6.07) is 37.2. The summed E-state index contributed by atoms with van der Waals surface area (Å²) in [4.78, 5) is 0. The van der Waals surface area contributed by atoms with Gasteiger partial charge >= 0.3 is 0 Å². The van der Waals surface area contributed by atoms with E-state index in [1.54, 1.807) is 80.6 Å². The van der Waals surface area contributed by atoms with Crippen LogP contribution in [0.15, 0.2) is 121 Å². The second-order valence-electron chi connectivity index (χ2n) is 15.0. The fourth-order valence-electron chi connectivity index (χ4n) is 9.44. The number of phenols is 4. The van der Waals surface area contributed by atoms with Crippen LogP contribution in [0.25, 0.3) is 0 Å². The van der Waals surface area contributed by atoms with E-state index in [4.69, 9.17) is 0 Å². The van der Waals surface area contributed by atoms with E-state index < -0.39 is 0 Å². The summed E-state index contributed by atoms with van der Waals surface area (Å²) in [5.41, 5.74) is 6.96. The van der Waals surface area contributed by atoms with Crippen molar-refractivity contribution in [2.24, 2.45) is 29.1 Å². The van der Waals surface area contributed by atoms with Gasteiger partial charge in [0, 0.05) is 11.8 Å². The molecule has 0 aliphatic heterocycles. The molecule has 0 amide bonds. The lowest BCUT2D eigenvalue weighted by molar-refractivity contribution is 0.118. The van der Waals surface area contributed by atoms with Crippen molar-refractivity contribution < 1.29 is 20.4 Å². The van der Waals surface area contributed by atoms with Gasteiger partial charge in [0.1, 0.15) is 23.0 Å². The van der Waals surface area contributed by atoms with Crippen molar-refractivity contribution in [3.8, 4) is 23.0 Å². The Morgan fingerprint density at radius 3 is 1.06 bits per heavy atom. The Bertz CT molecular complexity index is 1600. The Balaban J connectivity index is 0.000000255. The molecule has 0 heterocycles. The van der Waals surface area contributed by atoms with Gasteiger partial charge in [-0.25, -0.2) is 0 Å². The molecule has 3 saturated carbocycles.